The third-order valence-corrected chi connectivity index (χ3v) is 10.0. The number of nitrogens with zero attached hydrogens (tertiary/aromatic N) is 4. The smallest absolute Gasteiger partial charge is 0.0991 e. The fourth-order valence-corrected chi connectivity index (χ4v) is 7.98. The summed E-state index contributed by atoms with van der Waals surface area (Å²) in [5, 5.41) is 9.53. The molecule has 0 unspecified atom stereocenters. The van der Waals surface area contributed by atoms with Gasteiger partial charge in [0, 0.05) is 45.3 Å². The SMILES string of the molecule is N#Cc1cccc(-c2cccc(-c3cc(-n4c5c(c6c4C=CCC6)CCC=C5)cc(-n4c5c(c6c4CCC=C6)CCC=C5)c3)n2)c1. The Morgan fingerprint density at radius 2 is 1.15 bits per heavy atom. The Hall–Kier alpha value is -5.40. The summed E-state index contributed by atoms with van der Waals surface area (Å²) in [7, 11) is 0. The Balaban J connectivity index is 1.30. The number of pyridine rings is 1. The van der Waals surface area contributed by atoms with Gasteiger partial charge in [0.1, 0.15) is 0 Å². The number of hydrogen-bond acceptors (Lipinski definition) is 2. The number of benzene rings is 2. The summed E-state index contributed by atoms with van der Waals surface area (Å²) in [6.07, 6.45) is 27.4. The normalized spacial score (nSPS) is 15.6. The van der Waals surface area contributed by atoms with Crippen LogP contribution in [-0.2, 0) is 25.7 Å². The zero-order chi connectivity index (χ0) is 30.6. The van der Waals surface area contributed by atoms with Crippen molar-refractivity contribution in [3.8, 4) is 40.0 Å². The lowest BCUT2D eigenvalue weighted by Crippen LogP contribution is -2.08. The highest BCUT2D eigenvalue weighted by Gasteiger charge is 2.27. The molecule has 0 atom stereocenters. The van der Waals surface area contributed by atoms with Gasteiger partial charge >= 0.3 is 0 Å². The minimum Gasteiger partial charge on any atom is -0.313 e. The van der Waals surface area contributed by atoms with Crippen molar-refractivity contribution in [1.82, 2.24) is 14.1 Å². The average molecular weight is 595 g/mol. The van der Waals surface area contributed by atoms with Crippen LogP contribution in [0.1, 0.15) is 76.3 Å². The first kappa shape index (κ1) is 27.0. The van der Waals surface area contributed by atoms with E-state index in [-0.39, 0.29) is 0 Å². The second-order valence-electron chi connectivity index (χ2n) is 12.7. The summed E-state index contributed by atoms with van der Waals surface area (Å²) in [5.74, 6) is 0. The van der Waals surface area contributed by atoms with Crippen LogP contribution in [0.15, 0.2) is 85.0 Å². The molecule has 0 saturated heterocycles. The van der Waals surface area contributed by atoms with Crippen LogP contribution in [0.3, 0.4) is 0 Å². The van der Waals surface area contributed by atoms with Gasteiger partial charge in [-0.2, -0.15) is 5.26 Å². The number of rotatable bonds is 4. The maximum Gasteiger partial charge on any atom is 0.0991 e. The minimum absolute atomic E-state index is 0.640. The lowest BCUT2D eigenvalue weighted by molar-refractivity contribution is 0.866. The summed E-state index contributed by atoms with van der Waals surface area (Å²) in [5.41, 5.74) is 18.1. The van der Waals surface area contributed by atoms with Crippen LogP contribution in [0.5, 0.6) is 0 Å². The Labute approximate surface area is 270 Å². The van der Waals surface area contributed by atoms with Gasteiger partial charge in [-0.15, -0.1) is 0 Å². The molecule has 4 nitrogen and oxygen atoms in total. The molecule has 0 N–H and O–H groups in total. The first-order chi connectivity index (χ1) is 22.8. The van der Waals surface area contributed by atoms with Gasteiger partial charge < -0.3 is 9.13 Å². The lowest BCUT2D eigenvalue weighted by Gasteiger charge is -2.20. The van der Waals surface area contributed by atoms with Crippen molar-refractivity contribution in [2.45, 2.75) is 51.4 Å². The molecule has 4 aliphatic rings. The van der Waals surface area contributed by atoms with E-state index in [0.29, 0.717) is 5.56 Å². The maximum absolute atomic E-state index is 9.53. The topological polar surface area (TPSA) is 46.5 Å². The monoisotopic (exact) mass is 594 g/mol. The molecule has 9 rings (SSSR count). The fraction of sp³-hybridized carbons (Fsp3) is 0.190. The summed E-state index contributed by atoms with van der Waals surface area (Å²) in [6.45, 7) is 0. The average Bonchev–Trinajstić information content (AvgIpc) is 3.65. The Morgan fingerprint density at radius 1 is 0.565 bits per heavy atom. The molecule has 0 amide bonds. The highest BCUT2D eigenvalue weighted by molar-refractivity contribution is 5.77. The molecule has 222 valence electrons. The second kappa shape index (κ2) is 10.9. The first-order valence-corrected chi connectivity index (χ1v) is 16.6. The summed E-state index contributed by atoms with van der Waals surface area (Å²) >= 11 is 0. The molecule has 0 aliphatic heterocycles. The van der Waals surface area contributed by atoms with E-state index in [1.54, 1.807) is 0 Å². The first-order valence-electron chi connectivity index (χ1n) is 16.6. The third-order valence-electron chi connectivity index (χ3n) is 10.0. The van der Waals surface area contributed by atoms with Gasteiger partial charge in [0.15, 0.2) is 0 Å². The van der Waals surface area contributed by atoms with Crippen molar-refractivity contribution < 1.29 is 0 Å². The number of aromatic nitrogens is 3. The van der Waals surface area contributed by atoms with Crippen molar-refractivity contribution in [2.24, 2.45) is 0 Å². The van der Waals surface area contributed by atoms with Gasteiger partial charge in [0.25, 0.3) is 0 Å². The van der Waals surface area contributed by atoms with Crippen molar-refractivity contribution in [3.63, 3.8) is 0 Å². The molecule has 2 aromatic carbocycles. The summed E-state index contributed by atoms with van der Waals surface area (Å²) in [6, 6.07) is 23.3. The standard InChI is InChI=1S/C42H34N4/c43-27-28-11-9-12-29(23-28)37-17-10-18-38(44-37)30-24-31(45-39-19-5-1-13-33(39)34-14-2-6-20-40(34)45)26-32(25-30)46-41-21-7-3-15-35(41)36-16-4-8-22-42(36)46/h1,6-13,17-18,20-26H,2-5,14-16,19H2. The van der Waals surface area contributed by atoms with E-state index in [9.17, 15) is 5.26 Å². The fourth-order valence-electron chi connectivity index (χ4n) is 7.98. The molecule has 0 fully saturated rings. The maximum atomic E-state index is 9.53. The summed E-state index contributed by atoms with van der Waals surface area (Å²) < 4.78 is 5.03. The predicted octanol–water partition coefficient (Wildman–Crippen LogP) is 9.71. The highest BCUT2D eigenvalue weighted by atomic mass is 15.0. The van der Waals surface area contributed by atoms with Crippen LogP contribution in [-0.4, -0.2) is 14.1 Å². The molecule has 0 bridgehead atoms. The van der Waals surface area contributed by atoms with E-state index in [1.165, 1.54) is 56.4 Å². The van der Waals surface area contributed by atoms with E-state index in [4.69, 9.17) is 4.98 Å². The van der Waals surface area contributed by atoms with Crippen molar-refractivity contribution >= 4 is 24.3 Å². The van der Waals surface area contributed by atoms with Crippen molar-refractivity contribution in [2.75, 3.05) is 0 Å². The quantitative estimate of drug-likeness (QED) is 0.208. The number of allylic oxidation sites excluding steroid dienone is 4. The van der Waals surface area contributed by atoms with Crippen molar-refractivity contribution in [3.05, 3.63) is 136 Å². The Kier molecular flexibility index (Phi) is 6.38. The molecule has 3 heterocycles. The van der Waals surface area contributed by atoms with Crippen LogP contribution in [0.25, 0.3) is 58.2 Å². The molecule has 0 saturated carbocycles. The van der Waals surface area contributed by atoms with Gasteiger partial charge in [-0.25, -0.2) is 4.98 Å². The zero-order valence-corrected chi connectivity index (χ0v) is 25.8. The van der Waals surface area contributed by atoms with Crippen LogP contribution in [0.2, 0.25) is 0 Å². The largest absolute Gasteiger partial charge is 0.313 e. The number of nitriles is 1. The van der Waals surface area contributed by atoms with E-state index >= 15 is 0 Å². The lowest BCUT2D eigenvalue weighted by atomic mass is 9.94. The van der Waals surface area contributed by atoms with E-state index in [0.717, 1.165) is 73.9 Å². The molecule has 4 heteroatoms. The van der Waals surface area contributed by atoms with Crippen LogP contribution < -0.4 is 0 Å². The molecular weight excluding hydrogens is 560 g/mol. The van der Waals surface area contributed by atoms with E-state index in [2.05, 4.69) is 94.1 Å². The Morgan fingerprint density at radius 3 is 1.87 bits per heavy atom. The van der Waals surface area contributed by atoms with Crippen LogP contribution in [0.4, 0.5) is 0 Å². The van der Waals surface area contributed by atoms with Gasteiger partial charge in [0.05, 0.1) is 23.0 Å². The van der Waals surface area contributed by atoms with Gasteiger partial charge in [-0.1, -0.05) is 48.6 Å². The predicted molar refractivity (Wildman–Crippen MR) is 188 cm³/mol. The van der Waals surface area contributed by atoms with Crippen molar-refractivity contribution in [1.29, 1.82) is 5.26 Å². The molecule has 5 aromatic rings. The van der Waals surface area contributed by atoms with Gasteiger partial charge in [-0.3, -0.25) is 0 Å². The van der Waals surface area contributed by atoms with E-state index in [1.807, 2.05) is 30.3 Å². The second-order valence-corrected chi connectivity index (χ2v) is 12.7. The minimum atomic E-state index is 0.640. The van der Waals surface area contributed by atoms with Gasteiger partial charge in [-0.05, 0) is 134 Å². The van der Waals surface area contributed by atoms with Crippen LogP contribution in [0, 0.1) is 11.3 Å². The molecule has 3 aromatic heterocycles. The van der Waals surface area contributed by atoms with E-state index < -0.39 is 0 Å². The number of hydrogen-bond donors (Lipinski definition) is 0. The third kappa shape index (κ3) is 4.30. The summed E-state index contributed by atoms with van der Waals surface area (Å²) in [4.78, 5) is 5.20. The molecule has 46 heavy (non-hydrogen) atoms. The van der Waals surface area contributed by atoms with Gasteiger partial charge in [0.2, 0.25) is 0 Å². The Bertz CT molecular complexity index is 2180. The highest BCUT2D eigenvalue weighted by Crippen LogP contribution is 2.40. The number of fused-ring (bicyclic) bond motifs is 6. The molecule has 4 aliphatic carbocycles. The zero-order valence-electron chi connectivity index (χ0n) is 25.8. The molecule has 0 radical (unpaired) electrons. The van der Waals surface area contributed by atoms with Crippen LogP contribution >= 0.6 is 0 Å². The molecule has 0 spiro atoms. The molecular formula is C42H34N4.